The lowest BCUT2D eigenvalue weighted by Gasteiger charge is -2.38. The molecule has 96 valence electrons. The van der Waals surface area contributed by atoms with E-state index in [1.54, 1.807) is 0 Å². The van der Waals surface area contributed by atoms with Gasteiger partial charge < -0.3 is 10.2 Å². The van der Waals surface area contributed by atoms with Crippen LogP contribution in [0.15, 0.2) is 0 Å². The minimum absolute atomic E-state index is 0.479. The second-order valence-electron chi connectivity index (χ2n) is 6.05. The quantitative estimate of drug-likeness (QED) is 0.749. The van der Waals surface area contributed by atoms with E-state index >= 15 is 0 Å². The van der Waals surface area contributed by atoms with Crippen LogP contribution in [-0.2, 0) is 0 Å². The van der Waals surface area contributed by atoms with Gasteiger partial charge in [-0.25, -0.2) is 0 Å². The molecule has 1 unspecified atom stereocenters. The fraction of sp³-hybridized carbons (Fsp3) is 1.00. The van der Waals surface area contributed by atoms with E-state index in [0.29, 0.717) is 5.41 Å². The first-order chi connectivity index (χ1) is 7.57. The van der Waals surface area contributed by atoms with Crippen molar-refractivity contribution in [3.05, 3.63) is 0 Å². The van der Waals surface area contributed by atoms with Gasteiger partial charge in [0.15, 0.2) is 0 Å². The summed E-state index contributed by atoms with van der Waals surface area (Å²) in [4.78, 5) is 2.65. The predicted molar refractivity (Wildman–Crippen MR) is 71.8 cm³/mol. The first-order valence-corrected chi connectivity index (χ1v) is 7.03. The summed E-state index contributed by atoms with van der Waals surface area (Å²) in [6.45, 7) is 14.3. The molecule has 1 rings (SSSR count). The summed E-state index contributed by atoms with van der Waals surface area (Å²) >= 11 is 0. The number of piperidine rings is 1. The van der Waals surface area contributed by atoms with E-state index in [9.17, 15) is 0 Å². The molecule has 0 spiro atoms. The van der Waals surface area contributed by atoms with Gasteiger partial charge in [0.2, 0.25) is 0 Å². The van der Waals surface area contributed by atoms with Crippen molar-refractivity contribution in [2.75, 3.05) is 26.2 Å². The fourth-order valence-electron chi connectivity index (χ4n) is 2.43. The van der Waals surface area contributed by atoms with Crippen molar-refractivity contribution in [3.8, 4) is 0 Å². The Labute approximate surface area is 102 Å². The minimum Gasteiger partial charge on any atom is -0.313 e. The largest absolute Gasteiger partial charge is 0.313 e. The number of hydrogen-bond donors (Lipinski definition) is 1. The Balaban J connectivity index is 2.32. The molecular formula is C14H30N2. The summed E-state index contributed by atoms with van der Waals surface area (Å²) in [6, 6.07) is 0.737. The highest BCUT2D eigenvalue weighted by atomic mass is 15.2. The minimum atomic E-state index is 0.479. The normalized spacial score (nSPS) is 23.6. The SMILES string of the molecule is CCCNC1CCCN(CC(C)(C)CC)C1. The molecule has 1 aliphatic heterocycles. The molecule has 0 saturated carbocycles. The molecule has 0 aromatic heterocycles. The molecule has 0 aliphatic carbocycles. The average Bonchev–Trinajstić information content (AvgIpc) is 2.26. The van der Waals surface area contributed by atoms with E-state index in [1.165, 1.54) is 51.9 Å². The molecule has 1 atom stereocenters. The summed E-state index contributed by atoms with van der Waals surface area (Å²) in [5.41, 5.74) is 0.479. The lowest BCUT2D eigenvalue weighted by atomic mass is 9.88. The monoisotopic (exact) mass is 226 g/mol. The number of likely N-dealkylation sites (tertiary alicyclic amines) is 1. The Hall–Kier alpha value is -0.0800. The highest BCUT2D eigenvalue weighted by Crippen LogP contribution is 2.23. The molecule has 2 heteroatoms. The molecule has 1 aliphatic rings. The molecule has 0 radical (unpaired) electrons. The molecule has 16 heavy (non-hydrogen) atoms. The van der Waals surface area contributed by atoms with Crippen molar-refractivity contribution >= 4 is 0 Å². The van der Waals surface area contributed by atoms with Gasteiger partial charge in [0.05, 0.1) is 0 Å². The molecule has 1 N–H and O–H groups in total. The van der Waals surface area contributed by atoms with Gasteiger partial charge in [0.25, 0.3) is 0 Å². The number of hydrogen-bond acceptors (Lipinski definition) is 2. The predicted octanol–water partition coefficient (Wildman–Crippen LogP) is 2.89. The van der Waals surface area contributed by atoms with Crippen molar-refractivity contribution in [1.82, 2.24) is 10.2 Å². The van der Waals surface area contributed by atoms with Gasteiger partial charge in [-0.2, -0.15) is 0 Å². The maximum atomic E-state index is 3.66. The Kier molecular flexibility index (Phi) is 5.77. The van der Waals surface area contributed by atoms with Crippen LogP contribution >= 0.6 is 0 Å². The first-order valence-electron chi connectivity index (χ1n) is 7.03. The summed E-state index contributed by atoms with van der Waals surface area (Å²) in [6.07, 6.45) is 5.25. The molecule has 2 nitrogen and oxygen atoms in total. The van der Waals surface area contributed by atoms with Gasteiger partial charge in [0, 0.05) is 19.1 Å². The van der Waals surface area contributed by atoms with Gasteiger partial charge in [-0.15, -0.1) is 0 Å². The van der Waals surface area contributed by atoms with Crippen LogP contribution in [0.25, 0.3) is 0 Å². The van der Waals surface area contributed by atoms with E-state index in [2.05, 4.69) is 37.9 Å². The van der Waals surface area contributed by atoms with Crippen molar-refractivity contribution < 1.29 is 0 Å². The van der Waals surface area contributed by atoms with E-state index in [4.69, 9.17) is 0 Å². The smallest absolute Gasteiger partial charge is 0.0195 e. The van der Waals surface area contributed by atoms with Crippen LogP contribution in [-0.4, -0.2) is 37.1 Å². The van der Waals surface area contributed by atoms with Crippen LogP contribution in [0, 0.1) is 5.41 Å². The number of rotatable bonds is 6. The second kappa shape index (κ2) is 6.61. The highest BCUT2D eigenvalue weighted by Gasteiger charge is 2.24. The summed E-state index contributed by atoms with van der Waals surface area (Å²) in [7, 11) is 0. The number of nitrogens with zero attached hydrogens (tertiary/aromatic N) is 1. The van der Waals surface area contributed by atoms with Gasteiger partial charge in [-0.1, -0.05) is 27.7 Å². The highest BCUT2D eigenvalue weighted by molar-refractivity contribution is 4.81. The molecule has 1 saturated heterocycles. The van der Waals surface area contributed by atoms with E-state index in [0.717, 1.165) is 6.04 Å². The van der Waals surface area contributed by atoms with E-state index in [-0.39, 0.29) is 0 Å². The Morgan fingerprint density at radius 2 is 2.06 bits per heavy atom. The molecule has 0 amide bonds. The van der Waals surface area contributed by atoms with Crippen LogP contribution in [0.3, 0.4) is 0 Å². The fourth-order valence-corrected chi connectivity index (χ4v) is 2.43. The zero-order valence-electron chi connectivity index (χ0n) is 11.7. The molecule has 0 bridgehead atoms. The zero-order chi connectivity index (χ0) is 12.0. The zero-order valence-corrected chi connectivity index (χ0v) is 11.7. The molecule has 1 heterocycles. The maximum absolute atomic E-state index is 3.66. The second-order valence-corrected chi connectivity index (χ2v) is 6.05. The van der Waals surface area contributed by atoms with Gasteiger partial charge in [-0.3, -0.25) is 0 Å². The Bertz CT molecular complexity index is 189. The number of nitrogens with one attached hydrogen (secondary N) is 1. The van der Waals surface area contributed by atoms with Crippen molar-refractivity contribution in [2.45, 2.75) is 59.4 Å². The summed E-state index contributed by atoms with van der Waals surface area (Å²) in [5.74, 6) is 0. The molecular weight excluding hydrogens is 196 g/mol. The maximum Gasteiger partial charge on any atom is 0.0195 e. The summed E-state index contributed by atoms with van der Waals surface area (Å²) in [5, 5.41) is 3.66. The molecule has 0 aromatic rings. The van der Waals surface area contributed by atoms with Crippen molar-refractivity contribution in [3.63, 3.8) is 0 Å². The van der Waals surface area contributed by atoms with Crippen LogP contribution in [0.4, 0.5) is 0 Å². The third-order valence-corrected chi connectivity index (χ3v) is 3.80. The van der Waals surface area contributed by atoms with E-state index in [1.807, 2.05) is 0 Å². The standard InChI is InChI=1S/C14H30N2/c1-5-9-15-13-8-7-10-16(11-13)12-14(3,4)6-2/h13,15H,5-12H2,1-4H3. The van der Waals surface area contributed by atoms with Crippen LogP contribution in [0.5, 0.6) is 0 Å². The lowest BCUT2D eigenvalue weighted by molar-refractivity contribution is 0.129. The molecule has 1 fully saturated rings. The van der Waals surface area contributed by atoms with Gasteiger partial charge in [0.1, 0.15) is 0 Å². The average molecular weight is 226 g/mol. The third kappa shape index (κ3) is 4.84. The first kappa shape index (κ1) is 14.0. The van der Waals surface area contributed by atoms with Gasteiger partial charge >= 0.3 is 0 Å². The van der Waals surface area contributed by atoms with Crippen LogP contribution in [0.1, 0.15) is 53.4 Å². The molecule has 0 aromatic carbocycles. The topological polar surface area (TPSA) is 15.3 Å². The van der Waals surface area contributed by atoms with Crippen LogP contribution < -0.4 is 5.32 Å². The van der Waals surface area contributed by atoms with Gasteiger partial charge in [-0.05, 0) is 44.2 Å². The Morgan fingerprint density at radius 3 is 2.69 bits per heavy atom. The van der Waals surface area contributed by atoms with Crippen molar-refractivity contribution in [2.24, 2.45) is 5.41 Å². The van der Waals surface area contributed by atoms with E-state index < -0.39 is 0 Å². The van der Waals surface area contributed by atoms with Crippen molar-refractivity contribution in [1.29, 1.82) is 0 Å². The third-order valence-electron chi connectivity index (χ3n) is 3.80. The summed E-state index contributed by atoms with van der Waals surface area (Å²) < 4.78 is 0. The Morgan fingerprint density at radius 1 is 1.31 bits per heavy atom. The lowest BCUT2D eigenvalue weighted by Crippen LogP contribution is -2.48. The van der Waals surface area contributed by atoms with Crippen LogP contribution in [0.2, 0.25) is 0 Å².